The summed E-state index contributed by atoms with van der Waals surface area (Å²) in [6, 6.07) is 0. The number of nitrogens with two attached hydrogens (primary N) is 1. The molecule has 0 aliphatic carbocycles. The number of aromatic nitrogens is 2. The van der Waals surface area contributed by atoms with Gasteiger partial charge in [0.05, 0.1) is 23.0 Å². The smallest absolute Gasteiger partial charge is 0.0910 e. The van der Waals surface area contributed by atoms with Crippen LogP contribution in [-0.4, -0.2) is 15.4 Å². The Labute approximate surface area is 69.3 Å². The third-order valence-electron chi connectivity index (χ3n) is 1.22. The van der Waals surface area contributed by atoms with Crippen LogP contribution in [0.15, 0.2) is 4.99 Å². The van der Waals surface area contributed by atoms with Gasteiger partial charge in [-0.05, 0) is 25.4 Å². The molecule has 0 unspecified atom stereocenters. The van der Waals surface area contributed by atoms with Crippen LogP contribution < -0.4 is 5.73 Å². The molecule has 0 fully saturated rings. The summed E-state index contributed by atoms with van der Waals surface area (Å²) in [6.45, 7) is 4.29. The predicted molar refractivity (Wildman–Crippen MR) is 45.6 cm³/mol. The number of rotatable bonds is 2. The van der Waals surface area contributed by atoms with Gasteiger partial charge in [0.25, 0.3) is 0 Å². The van der Waals surface area contributed by atoms with Crippen molar-refractivity contribution in [3.8, 4) is 0 Å². The fourth-order valence-electron chi connectivity index (χ4n) is 0.593. The van der Waals surface area contributed by atoms with Crippen LogP contribution in [0.5, 0.6) is 0 Å². The Morgan fingerprint density at radius 2 is 2.45 bits per heavy atom. The summed E-state index contributed by atoms with van der Waals surface area (Å²) in [5.74, 6) is 0.595. The largest absolute Gasteiger partial charge is 0.388 e. The number of hydrogen-bond donors (Lipinski definition) is 1. The highest BCUT2D eigenvalue weighted by molar-refractivity contribution is 7.05. The molecule has 2 N–H and O–H groups in total. The van der Waals surface area contributed by atoms with Crippen LogP contribution in [0.3, 0.4) is 0 Å². The zero-order valence-corrected chi connectivity index (χ0v) is 7.35. The zero-order chi connectivity index (χ0) is 8.27. The number of hydrogen-bond acceptors (Lipinski definition) is 4. The summed E-state index contributed by atoms with van der Waals surface area (Å²) in [5.41, 5.74) is 6.32. The van der Waals surface area contributed by atoms with E-state index in [0.29, 0.717) is 12.4 Å². The molecule has 0 aliphatic heterocycles. The van der Waals surface area contributed by atoms with Crippen molar-refractivity contribution in [3.63, 3.8) is 0 Å². The Balaban J connectivity index is 2.65. The maximum absolute atomic E-state index is 5.37. The molecular formula is C6H10N4S. The minimum absolute atomic E-state index is 0.595. The topological polar surface area (TPSA) is 64.2 Å². The molecule has 0 aromatic carbocycles. The monoisotopic (exact) mass is 170 g/mol. The van der Waals surface area contributed by atoms with Gasteiger partial charge in [-0.25, -0.2) is 0 Å². The van der Waals surface area contributed by atoms with Gasteiger partial charge in [-0.2, -0.15) is 0 Å². The fraction of sp³-hybridized carbons (Fsp3) is 0.500. The minimum atomic E-state index is 0.595. The molecule has 5 heteroatoms. The maximum Gasteiger partial charge on any atom is 0.0910 e. The van der Waals surface area contributed by atoms with Crippen LogP contribution in [0.25, 0.3) is 0 Å². The Kier molecular flexibility index (Phi) is 2.53. The summed E-state index contributed by atoms with van der Waals surface area (Å²) >= 11 is 1.37. The lowest BCUT2D eigenvalue weighted by molar-refractivity contribution is 1.02. The van der Waals surface area contributed by atoms with E-state index in [9.17, 15) is 0 Å². The van der Waals surface area contributed by atoms with Gasteiger partial charge in [-0.15, -0.1) is 5.10 Å². The lowest BCUT2D eigenvalue weighted by atomic mass is 10.4. The quantitative estimate of drug-likeness (QED) is 0.525. The van der Waals surface area contributed by atoms with Crippen LogP contribution in [0.4, 0.5) is 0 Å². The number of amidine groups is 1. The van der Waals surface area contributed by atoms with E-state index in [4.69, 9.17) is 5.73 Å². The Bertz CT molecular complexity index is 261. The molecule has 0 spiro atoms. The van der Waals surface area contributed by atoms with E-state index in [1.54, 1.807) is 6.92 Å². The highest BCUT2D eigenvalue weighted by Gasteiger charge is 2.00. The minimum Gasteiger partial charge on any atom is -0.388 e. The number of aryl methyl sites for hydroxylation is 1. The van der Waals surface area contributed by atoms with Crippen molar-refractivity contribution in [2.24, 2.45) is 10.7 Å². The van der Waals surface area contributed by atoms with Crippen molar-refractivity contribution in [2.45, 2.75) is 20.4 Å². The third kappa shape index (κ3) is 2.27. The van der Waals surface area contributed by atoms with Crippen LogP contribution in [0, 0.1) is 6.92 Å². The summed E-state index contributed by atoms with van der Waals surface area (Å²) in [4.78, 5) is 5.13. The molecule has 0 aliphatic rings. The summed E-state index contributed by atoms with van der Waals surface area (Å²) in [7, 11) is 0. The van der Waals surface area contributed by atoms with E-state index in [-0.39, 0.29) is 0 Å². The molecule has 1 heterocycles. The maximum atomic E-state index is 5.37. The average molecular weight is 170 g/mol. The first-order chi connectivity index (χ1) is 5.20. The van der Waals surface area contributed by atoms with Gasteiger partial charge in [-0.3, -0.25) is 4.99 Å². The number of aliphatic imine (C=N–C) groups is 1. The normalized spacial score (nSPS) is 12.0. The third-order valence-corrected chi connectivity index (χ3v) is 2.03. The van der Waals surface area contributed by atoms with E-state index in [0.717, 1.165) is 10.6 Å². The summed E-state index contributed by atoms with van der Waals surface area (Å²) in [6.07, 6.45) is 0. The van der Waals surface area contributed by atoms with Crippen LogP contribution >= 0.6 is 11.5 Å². The molecule has 4 nitrogen and oxygen atoms in total. The van der Waals surface area contributed by atoms with Crippen LogP contribution in [0.2, 0.25) is 0 Å². The molecule has 0 saturated heterocycles. The molecule has 0 bridgehead atoms. The van der Waals surface area contributed by atoms with Crippen molar-refractivity contribution in [2.75, 3.05) is 0 Å². The molecule has 0 saturated carbocycles. The molecule has 1 aromatic rings. The fourth-order valence-corrected chi connectivity index (χ4v) is 1.15. The highest BCUT2D eigenvalue weighted by Crippen LogP contribution is 2.09. The molecule has 60 valence electrons. The summed E-state index contributed by atoms with van der Waals surface area (Å²) < 4.78 is 3.78. The molecule has 0 atom stereocenters. The first-order valence-corrected chi connectivity index (χ1v) is 4.02. The van der Waals surface area contributed by atoms with Gasteiger partial charge in [0.15, 0.2) is 0 Å². The highest BCUT2D eigenvalue weighted by atomic mass is 32.1. The first-order valence-electron chi connectivity index (χ1n) is 3.24. The second-order valence-corrected chi connectivity index (χ2v) is 3.08. The van der Waals surface area contributed by atoms with Gasteiger partial charge < -0.3 is 5.73 Å². The van der Waals surface area contributed by atoms with Gasteiger partial charge >= 0.3 is 0 Å². The van der Waals surface area contributed by atoms with Crippen LogP contribution in [-0.2, 0) is 6.54 Å². The lowest BCUT2D eigenvalue weighted by Gasteiger charge is -1.90. The zero-order valence-electron chi connectivity index (χ0n) is 6.53. The predicted octanol–water partition coefficient (Wildman–Crippen LogP) is 0.724. The standard InChI is InChI=1S/C6H10N4S/c1-4-6(11-10-9-4)3-8-5(2)7/h3H2,1-2H3,(H2,7,8). The van der Waals surface area contributed by atoms with Crippen molar-refractivity contribution >= 4 is 17.4 Å². The van der Waals surface area contributed by atoms with Gasteiger partial charge in [0, 0.05) is 0 Å². The van der Waals surface area contributed by atoms with E-state index in [1.807, 2.05) is 6.92 Å². The Morgan fingerprint density at radius 1 is 1.73 bits per heavy atom. The van der Waals surface area contributed by atoms with Crippen molar-refractivity contribution in [1.29, 1.82) is 0 Å². The Morgan fingerprint density at radius 3 is 2.91 bits per heavy atom. The molecule has 0 amide bonds. The van der Waals surface area contributed by atoms with Gasteiger partial charge in [-0.1, -0.05) is 4.49 Å². The van der Waals surface area contributed by atoms with E-state index < -0.39 is 0 Å². The Hall–Kier alpha value is -0.970. The van der Waals surface area contributed by atoms with Gasteiger partial charge in [0.1, 0.15) is 0 Å². The van der Waals surface area contributed by atoms with Crippen molar-refractivity contribution < 1.29 is 0 Å². The molecular weight excluding hydrogens is 160 g/mol. The average Bonchev–Trinajstić information content (AvgIpc) is 2.31. The first kappa shape index (κ1) is 8.13. The SMILES string of the molecule is CC(N)=NCc1snnc1C. The second kappa shape index (κ2) is 3.43. The summed E-state index contributed by atoms with van der Waals surface area (Å²) in [5, 5.41) is 3.85. The van der Waals surface area contributed by atoms with Crippen molar-refractivity contribution in [1.82, 2.24) is 9.59 Å². The van der Waals surface area contributed by atoms with Gasteiger partial charge in [0.2, 0.25) is 0 Å². The van der Waals surface area contributed by atoms with Crippen molar-refractivity contribution in [3.05, 3.63) is 10.6 Å². The molecule has 11 heavy (non-hydrogen) atoms. The molecule has 1 aromatic heterocycles. The molecule has 1 rings (SSSR count). The van der Waals surface area contributed by atoms with E-state index >= 15 is 0 Å². The van der Waals surface area contributed by atoms with E-state index in [1.165, 1.54) is 11.5 Å². The number of nitrogens with zero attached hydrogens (tertiary/aromatic N) is 3. The molecule has 0 radical (unpaired) electrons. The van der Waals surface area contributed by atoms with Crippen LogP contribution in [0.1, 0.15) is 17.5 Å². The second-order valence-electron chi connectivity index (χ2n) is 2.24. The van der Waals surface area contributed by atoms with E-state index in [2.05, 4.69) is 14.6 Å². The lowest BCUT2D eigenvalue weighted by Crippen LogP contribution is -2.05.